The highest BCUT2D eigenvalue weighted by molar-refractivity contribution is 5.87. The van der Waals surface area contributed by atoms with E-state index >= 15 is 0 Å². The lowest BCUT2D eigenvalue weighted by Gasteiger charge is -2.36. The van der Waals surface area contributed by atoms with Gasteiger partial charge in [0.15, 0.2) is 0 Å². The van der Waals surface area contributed by atoms with E-state index in [1.54, 1.807) is 7.11 Å². The summed E-state index contributed by atoms with van der Waals surface area (Å²) < 4.78 is 5.09. The number of rotatable bonds is 6. The molecular formula is C12H22N2O2. The highest BCUT2D eigenvalue weighted by Gasteiger charge is 2.45. The maximum absolute atomic E-state index is 11.8. The maximum Gasteiger partial charge on any atom is 0.240 e. The minimum atomic E-state index is -0.558. The molecule has 3 N–H and O–H groups in total. The van der Waals surface area contributed by atoms with Crippen molar-refractivity contribution < 1.29 is 9.53 Å². The van der Waals surface area contributed by atoms with Gasteiger partial charge in [0.25, 0.3) is 0 Å². The predicted octanol–water partition coefficient (Wildman–Crippen LogP) is 0.801. The zero-order valence-corrected chi connectivity index (χ0v) is 10.1. The van der Waals surface area contributed by atoms with Gasteiger partial charge in [0, 0.05) is 20.3 Å². The minimum Gasteiger partial charge on any atom is -0.385 e. The molecule has 2 saturated carbocycles. The zero-order valence-electron chi connectivity index (χ0n) is 10.1. The van der Waals surface area contributed by atoms with Crippen molar-refractivity contribution in [1.29, 1.82) is 0 Å². The van der Waals surface area contributed by atoms with Crippen molar-refractivity contribution in [2.45, 2.75) is 44.1 Å². The van der Waals surface area contributed by atoms with Gasteiger partial charge in [0.05, 0.1) is 5.54 Å². The highest BCUT2D eigenvalue weighted by atomic mass is 16.5. The topological polar surface area (TPSA) is 64.3 Å². The Morgan fingerprint density at radius 1 is 1.38 bits per heavy atom. The molecule has 0 saturated heterocycles. The van der Waals surface area contributed by atoms with Crippen LogP contribution in [0.3, 0.4) is 0 Å². The van der Waals surface area contributed by atoms with Crippen LogP contribution in [0.5, 0.6) is 0 Å². The Kier molecular flexibility index (Phi) is 3.22. The second-order valence-corrected chi connectivity index (χ2v) is 5.44. The molecule has 2 aliphatic carbocycles. The number of methoxy groups -OCH3 is 1. The van der Waals surface area contributed by atoms with Gasteiger partial charge in [-0.1, -0.05) is 0 Å². The fourth-order valence-corrected chi connectivity index (χ4v) is 2.24. The molecule has 0 aromatic carbocycles. The molecule has 0 spiro atoms. The normalized spacial score (nSPS) is 24.6. The highest BCUT2D eigenvalue weighted by Crippen LogP contribution is 2.48. The first kappa shape index (κ1) is 11.9. The molecule has 16 heavy (non-hydrogen) atoms. The molecule has 92 valence electrons. The lowest BCUT2D eigenvalue weighted by Crippen LogP contribution is -2.59. The van der Waals surface area contributed by atoms with Crippen LogP contribution in [0.1, 0.15) is 38.5 Å². The van der Waals surface area contributed by atoms with E-state index in [0.717, 1.165) is 38.8 Å². The number of nitrogens with one attached hydrogen (secondary N) is 1. The largest absolute Gasteiger partial charge is 0.385 e. The smallest absolute Gasteiger partial charge is 0.240 e. The van der Waals surface area contributed by atoms with Gasteiger partial charge in [-0.05, 0) is 43.9 Å². The number of carbonyl (C=O) groups is 1. The summed E-state index contributed by atoms with van der Waals surface area (Å²) >= 11 is 0. The van der Waals surface area contributed by atoms with Crippen molar-refractivity contribution >= 4 is 5.91 Å². The average molecular weight is 226 g/mol. The molecule has 0 bridgehead atoms. The third-order valence-electron chi connectivity index (χ3n) is 4.12. The van der Waals surface area contributed by atoms with Gasteiger partial charge in [-0.3, -0.25) is 4.79 Å². The number of hydrogen-bond acceptors (Lipinski definition) is 3. The first-order valence-corrected chi connectivity index (χ1v) is 6.16. The third kappa shape index (κ3) is 2.38. The fraction of sp³-hybridized carbons (Fsp3) is 0.917. The van der Waals surface area contributed by atoms with Gasteiger partial charge in [0.1, 0.15) is 0 Å². The molecule has 0 aliphatic heterocycles. The standard InChI is InChI=1S/C12H22N2O2/c1-16-8-7-11(5-6-11)9-14-10(15)12(13)3-2-4-12/h2-9,13H2,1H3,(H,14,15). The molecular weight excluding hydrogens is 204 g/mol. The molecule has 2 aliphatic rings. The average Bonchev–Trinajstić information content (AvgIpc) is 3.00. The number of carbonyl (C=O) groups excluding carboxylic acids is 1. The first-order valence-electron chi connectivity index (χ1n) is 6.16. The van der Waals surface area contributed by atoms with Gasteiger partial charge < -0.3 is 15.8 Å². The molecule has 0 heterocycles. The van der Waals surface area contributed by atoms with E-state index in [0.29, 0.717) is 5.41 Å². The van der Waals surface area contributed by atoms with Crippen LogP contribution in [0.25, 0.3) is 0 Å². The summed E-state index contributed by atoms with van der Waals surface area (Å²) in [7, 11) is 1.72. The Bertz CT molecular complexity index is 270. The summed E-state index contributed by atoms with van der Waals surface area (Å²) in [6, 6.07) is 0. The molecule has 0 unspecified atom stereocenters. The molecule has 1 amide bonds. The summed E-state index contributed by atoms with van der Waals surface area (Å²) in [6.07, 6.45) is 6.20. The van der Waals surface area contributed by atoms with Crippen molar-refractivity contribution in [2.75, 3.05) is 20.3 Å². The molecule has 0 radical (unpaired) electrons. The second-order valence-electron chi connectivity index (χ2n) is 5.44. The van der Waals surface area contributed by atoms with Crippen LogP contribution < -0.4 is 11.1 Å². The summed E-state index contributed by atoms with van der Waals surface area (Å²) in [6.45, 7) is 1.55. The van der Waals surface area contributed by atoms with Gasteiger partial charge >= 0.3 is 0 Å². The SMILES string of the molecule is COCCC1(CNC(=O)C2(N)CCC2)CC1. The van der Waals surface area contributed by atoms with Crippen LogP contribution in [0.4, 0.5) is 0 Å². The summed E-state index contributed by atoms with van der Waals surface area (Å²) in [5.41, 5.74) is 5.71. The van der Waals surface area contributed by atoms with Gasteiger partial charge in [-0.25, -0.2) is 0 Å². The lowest BCUT2D eigenvalue weighted by atomic mass is 9.77. The second kappa shape index (κ2) is 4.34. The summed E-state index contributed by atoms with van der Waals surface area (Å²) in [4.78, 5) is 11.8. The minimum absolute atomic E-state index is 0.0439. The molecule has 4 heteroatoms. The summed E-state index contributed by atoms with van der Waals surface area (Å²) in [5.74, 6) is 0.0439. The Morgan fingerprint density at radius 2 is 2.06 bits per heavy atom. The number of ether oxygens (including phenoxy) is 1. The van der Waals surface area contributed by atoms with Crippen LogP contribution in [0.15, 0.2) is 0 Å². The number of nitrogens with two attached hydrogens (primary N) is 1. The van der Waals surface area contributed by atoms with Crippen molar-refractivity contribution in [3.8, 4) is 0 Å². The van der Waals surface area contributed by atoms with Crippen LogP contribution in [0, 0.1) is 5.41 Å². The van der Waals surface area contributed by atoms with Crippen molar-refractivity contribution in [3.05, 3.63) is 0 Å². The summed E-state index contributed by atoms with van der Waals surface area (Å²) in [5, 5.41) is 3.02. The fourth-order valence-electron chi connectivity index (χ4n) is 2.24. The maximum atomic E-state index is 11.8. The number of hydrogen-bond donors (Lipinski definition) is 2. The molecule has 4 nitrogen and oxygen atoms in total. The Hall–Kier alpha value is -0.610. The van der Waals surface area contributed by atoms with E-state index in [1.165, 1.54) is 12.8 Å². The Labute approximate surface area is 96.9 Å². The molecule has 2 fully saturated rings. The van der Waals surface area contributed by atoms with Crippen LogP contribution >= 0.6 is 0 Å². The van der Waals surface area contributed by atoms with Gasteiger partial charge in [0.2, 0.25) is 5.91 Å². The van der Waals surface area contributed by atoms with Crippen molar-refractivity contribution in [2.24, 2.45) is 11.1 Å². The van der Waals surface area contributed by atoms with E-state index in [9.17, 15) is 4.79 Å². The van der Waals surface area contributed by atoms with Crippen LogP contribution in [-0.4, -0.2) is 31.7 Å². The van der Waals surface area contributed by atoms with E-state index in [4.69, 9.17) is 10.5 Å². The van der Waals surface area contributed by atoms with Gasteiger partial charge in [-0.15, -0.1) is 0 Å². The zero-order chi connectivity index (χ0) is 11.6. The van der Waals surface area contributed by atoms with Crippen LogP contribution in [-0.2, 0) is 9.53 Å². The molecule has 0 atom stereocenters. The van der Waals surface area contributed by atoms with E-state index in [1.807, 2.05) is 0 Å². The monoisotopic (exact) mass is 226 g/mol. The first-order chi connectivity index (χ1) is 7.60. The van der Waals surface area contributed by atoms with Crippen LogP contribution in [0.2, 0.25) is 0 Å². The Morgan fingerprint density at radius 3 is 2.50 bits per heavy atom. The predicted molar refractivity (Wildman–Crippen MR) is 61.9 cm³/mol. The third-order valence-corrected chi connectivity index (χ3v) is 4.12. The van der Waals surface area contributed by atoms with E-state index in [2.05, 4.69) is 5.32 Å². The Balaban J connectivity index is 1.72. The van der Waals surface area contributed by atoms with Crippen molar-refractivity contribution in [1.82, 2.24) is 5.32 Å². The quantitative estimate of drug-likeness (QED) is 0.704. The van der Waals surface area contributed by atoms with Crippen molar-refractivity contribution in [3.63, 3.8) is 0 Å². The number of amides is 1. The van der Waals surface area contributed by atoms with E-state index < -0.39 is 5.54 Å². The molecule has 2 rings (SSSR count). The van der Waals surface area contributed by atoms with Gasteiger partial charge in [-0.2, -0.15) is 0 Å². The lowest BCUT2D eigenvalue weighted by molar-refractivity contribution is -0.129. The molecule has 0 aromatic rings. The van der Waals surface area contributed by atoms with E-state index in [-0.39, 0.29) is 5.91 Å². The molecule has 0 aromatic heterocycles.